The van der Waals surface area contributed by atoms with Crippen LogP contribution in [0, 0.1) is 10.1 Å². The van der Waals surface area contributed by atoms with E-state index in [4.69, 9.17) is 9.47 Å². The van der Waals surface area contributed by atoms with Gasteiger partial charge in [0.05, 0.1) is 28.7 Å². The molecule has 29 heavy (non-hydrogen) atoms. The van der Waals surface area contributed by atoms with Crippen molar-refractivity contribution in [2.24, 2.45) is 0 Å². The number of nitrogens with one attached hydrogen (secondary N) is 1. The van der Waals surface area contributed by atoms with Crippen molar-refractivity contribution in [3.8, 4) is 5.75 Å². The van der Waals surface area contributed by atoms with E-state index < -0.39 is 34.2 Å². The van der Waals surface area contributed by atoms with Crippen LogP contribution in [0.3, 0.4) is 0 Å². The molecule has 0 saturated carbocycles. The number of alkyl halides is 3. The van der Waals surface area contributed by atoms with E-state index in [0.29, 0.717) is 0 Å². The Labute approximate surface area is 162 Å². The third-order valence-corrected chi connectivity index (χ3v) is 4.37. The van der Waals surface area contributed by atoms with Crippen molar-refractivity contribution in [2.45, 2.75) is 12.3 Å². The zero-order valence-corrected chi connectivity index (χ0v) is 15.2. The molecule has 1 N–H and O–H groups in total. The van der Waals surface area contributed by atoms with Gasteiger partial charge in [0.1, 0.15) is 0 Å². The maximum atomic E-state index is 13.1. The Bertz CT molecular complexity index is 1020. The lowest BCUT2D eigenvalue weighted by Crippen LogP contribution is -2.13. The molecule has 0 amide bonds. The highest BCUT2D eigenvalue weighted by Crippen LogP contribution is 2.43. The van der Waals surface area contributed by atoms with E-state index in [1.165, 1.54) is 44.5 Å². The number of hydrogen-bond donors (Lipinski definition) is 1. The summed E-state index contributed by atoms with van der Waals surface area (Å²) in [4.78, 5) is 23.9. The summed E-state index contributed by atoms with van der Waals surface area (Å²) in [6.07, 6.45) is -6.00. The highest BCUT2D eigenvalue weighted by molar-refractivity contribution is 6.25. The number of methoxy groups -OCH3 is 1. The summed E-state index contributed by atoms with van der Waals surface area (Å²) >= 11 is 0. The third kappa shape index (κ3) is 3.60. The summed E-state index contributed by atoms with van der Waals surface area (Å²) in [5.74, 6) is -0.844. The Kier molecular flexibility index (Phi) is 5.19. The van der Waals surface area contributed by atoms with Crippen molar-refractivity contribution in [3.63, 3.8) is 0 Å². The number of halogens is 3. The SMILES string of the molecule is CNC1=C(c2cccc(C(F)(F)F)c2)C(=O)C(c2cccc(OC)c2[N+](=O)[O-])O1. The van der Waals surface area contributed by atoms with Crippen molar-refractivity contribution in [1.82, 2.24) is 5.32 Å². The minimum Gasteiger partial charge on any atom is -0.490 e. The Balaban J connectivity index is 2.09. The number of para-hydroxylation sites is 1. The molecule has 0 spiro atoms. The van der Waals surface area contributed by atoms with Crippen molar-refractivity contribution in [1.29, 1.82) is 0 Å². The topological polar surface area (TPSA) is 90.7 Å². The number of rotatable bonds is 5. The molecule has 2 aromatic rings. The molecule has 152 valence electrons. The lowest BCUT2D eigenvalue weighted by Gasteiger charge is -2.13. The lowest BCUT2D eigenvalue weighted by molar-refractivity contribution is -0.386. The van der Waals surface area contributed by atoms with Gasteiger partial charge in [0.2, 0.25) is 5.78 Å². The minimum absolute atomic E-state index is 0.0118. The second-order valence-electron chi connectivity index (χ2n) is 6.05. The highest BCUT2D eigenvalue weighted by Gasteiger charge is 2.42. The van der Waals surface area contributed by atoms with Crippen LogP contribution in [0.2, 0.25) is 0 Å². The van der Waals surface area contributed by atoms with Crippen molar-refractivity contribution in [2.75, 3.05) is 14.2 Å². The van der Waals surface area contributed by atoms with E-state index >= 15 is 0 Å². The average Bonchev–Trinajstić information content (AvgIpc) is 3.02. The molecule has 0 aromatic heterocycles. The fraction of sp³-hybridized carbons (Fsp3) is 0.211. The molecule has 0 bridgehead atoms. The minimum atomic E-state index is -4.59. The fourth-order valence-electron chi connectivity index (χ4n) is 3.10. The lowest BCUT2D eigenvalue weighted by atomic mass is 9.95. The number of benzene rings is 2. The number of carbonyl (C=O) groups excluding carboxylic acids is 1. The maximum absolute atomic E-state index is 13.1. The van der Waals surface area contributed by atoms with Crippen LogP contribution in [0.25, 0.3) is 5.57 Å². The number of ketones is 1. The predicted octanol–water partition coefficient (Wildman–Crippen LogP) is 3.85. The van der Waals surface area contributed by atoms with E-state index in [1.54, 1.807) is 0 Å². The molecule has 10 heteroatoms. The van der Waals surface area contributed by atoms with Gasteiger partial charge in [-0.1, -0.05) is 18.2 Å². The monoisotopic (exact) mass is 408 g/mol. The van der Waals surface area contributed by atoms with Crippen LogP contribution in [0.5, 0.6) is 5.75 Å². The summed E-state index contributed by atoms with van der Waals surface area (Å²) in [5, 5.41) is 14.2. The van der Waals surface area contributed by atoms with Gasteiger partial charge in [-0.15, -0.1) is 0 Å². The first kappa shape index (κ1) is 20.2. The van der Waals surface area contributed by atoms with Gasteiger partial charge in [0.25, 0.3) is 0 Å². The zero-order valence-electron chi connectivity index (χ0n) is 15.2. The van der Waals surface area contributed by atoms with Crippen LogP contribution in [-0.2, 0) is 15.7 Å². The molecule has 0 fully saturated rings. The van der Waals surface area contributed by atoms with Crippen LogP contribution in [0.1, 0.15) is 22.8 Å². The van der Waals surface area contributed by atoms with E-state index in [2.05, 4.69) is 5.32 Å². The number of nitro benzene ring substituents is 1. The number of hydrogen-bond acceptors (Lipinski definition) is 6. The van der Waals surface area contributed by atoms with Gasteiger partial charge >= 0.3 is 11.9 Å². The first-order valence-electron chi connectivity index (χ1n) is 8.30. The van der Waals surface area contributed by atoms with Crippen LogP contribution in [0.4, 0.5) is 18.9 Å². The van der Waals surface area contributed by atoms with Crippen LogP contribution < -0.4 is 10.1 Å². The summed E-state index contributed by atoms with van der Waals surface area (Å²) in [6.45, 7) is 0. The first-order chi connectivity index (χ1) is 13.7. The highest BCUT2D eigenvalue weighted by atomic mass is 19.4. The summed E-state index contributed by atoms with van der Waals surface area (Å²) in [6, 6.07) is 8.38. The molecule has 0 radical (unpaired) electrons. The van der Waals surface area contributed by atoms with Crippen LogP contribution in [-0.4, -0.2) is 24.9 Å². The standard InChI is InChI=1S/C19H15F3N2O5/c1-23-18-14(10-5-3-6-11(9-10)19(20,21)22)16(25)17(29-18)12-7-4-8-13(28-2)15(12)24(26)27/h3-9,17,23H,1-2H3. The molecule has 1 unspecified atom stereocenters. The Hall–Kier alpha value is -3.56. The van der Waals surface area contributed by atoms with E-state index in [0.717, 1.165) is 12.1 Å². The second kappa shape index (κ2) is 7.46. The average molecular weight is 408 g/mol. The smallest absolute Gasteiger partial charge is 0.416 e. The van der Waals surface area contributed by atoms with Gasteiger partial charge in [-0.05, 0) is 29.8 Å². The molecular formula is C19H15F3N2O5. The molecule has 2 aromatic carbocycles. The largest absolute Gasteiger partial charge is 0.490 e. The van der Waals surface area contributed by atoms with Gasteiger partial charge in [-0.25, -0.2) is 0 Å². The maximum Gasteiger partial charge on any atom is 0.416 e. The molecular weight excluding hydrogens is 393 g/mol. The number of nitrogens with zero attached hydrogens (tertiary/aromatic N) is 1. The summed E-state index contributed by atoms with van der Waals surface area (Å²) < 4.78 is 49.7. The molecule has 0 saturated heterocycles. The number of carbonyl (C=O) groups is 1. The van der Waals surface area contributed by atoms with E-state index in [1.807, 2.05) is 0 Å². The van der Waals surface area contributed by atoms with Gasteiger partial charge in [0.15, 0.2) is 17.7 Å². The van der Waals surface area contributed by atoms with Crippen LogP contribution in [0.15, 0.2) is 48.3 Å². The Morgan fingerprint density at radius 1 is 1.21 bits per heavy atom. The second-order valence-corrected chi connectivity index (χ2v) is 6.05. The van der Waals surface area contributed by atoms with Gasteiger partial charge < -0.3 is 14.8 Å². The quantitative estimate of drug-likeness (QED) is 0.597. The number of nitro groups is 1. The van der Waals surface area contributed by atoms with Crippen molar-refractivity contribution < 1.29 is 32.4 Å². The first-order valence-corrected chi connectivity index (χ1v) is 8.30. The third-order valence-electron chi connectivity index (χ3n) is 4.37. The molecule has 7 nitrogen and oxygen atoms in total. The molecule has 1 atom stereocenters. The Morgan fingerprint density at radius 2 is 1.90 bits per heavy atom. The molecule has 1 aliphatic heterocycles. The Morgan fingerprint density at radius 3 is 2.48 bits per heavy atom. The normalized spacial score (nSPS) is 16.6. The molecule has 3 rings (SSSR count). The number of ether oxygens (including phenoxy) is 2. The van der Waals surface area contributed by atoms with E-state index in [9.17, 15) is 28.1 Å². The predicted molar refractivity (Wildman–Crippen MR) is 95.9 cm³/mol. The van der Waals surface area contributed by atoms with Gasteiger partial charge in [-0.2, -0.15) is 13.2 Å². The van der Waals surface area contributed by atoms with E-state index in [-0.39, 0.29) is 28.3 Å². The zero-order chi connectivity index (χ0) is 21.3. The molecule has 0 aliphatic carbocycles. The van der Waals surface area contributed by atoms with Crippen LogP contribution >= 0.6 is 0 Å². The van der Waals surface area contributed by atoms with Crippen molar-refractivity contribution >= 4 is 17.0 Å². The van der Waals surface area contributed by atoms with Gasteiger partial charge in [0, 0.05) is 7.05 Å². The fourth-order valence-corrected chi connectivity index (χ4v) is 3.10. The van der Waals surface area contributed by atoms with Gasteiger partial charge in [-0.3, -0.25) is 14.9 Å². The molecule has 1 heterocycles. The number of Topliss-reactive ketones (excluding diaryl/α,β-unsaturated/α-hetero) is 1. The summed E-state index contributed by atoms with van der Waals surface area (Å²) in [7, 11) is 2.67. The summed E-state index contributed by atoms with van der Waals surface area (Å²) in [5.41, 5.74) is -1.58. The van der Waals surface area contributed by atoms with Crippen molar-refractivity contribution in [3.05, 3.63) is 75.2 Å². The molecule has 1 aliphatic rings.